The summed E-state index contributed by atoms with van der Waals surface area (Å²) in [4.78, 5) is 25.8. The van der Waals surface area contributed by atoms with Crippen LogP contribution in [0.25, 0.3) is 0 Å². The number of esters is 1. The number of rotatable bonds is 37. The van der Waals surface area contributed by atoms with Crippen molar-refractivity contribution < 1.29 is 24.5 Å². The third-order valence-corrected chi connectivity index (χ3v) is 9.50. The van der Waals surface area contributed by atoms with E-state index < -0.39 is 18.2 Å². The molecule has 0 aliphatic rings. The highest BCUT2D eigenvalue weighted by molar-refractivity contribution is 5.77. The minimum Gasteiger partial charge on any atom is -0.462 e. The number of aliphatic hydroxyl groups is 2. The van der Waals surface area contributed by atoms with Crippen molar-refractivity contribution in [2.45, 2.75) is 232 Å². The molecule has 49 heavy (non-hydrogen) atoms. The number of hydrogen-bond donors (Lipinski definition) is 3. The Morgan fingerprint density at radius 1 is 0.571 bits per heavy atom. The summed E-state index contributed by atoms with van der Waals surface area (Å²) in [5.74, 6) is -0.502. The Hall–Kier alpha value is -1.66. The summed E-state index contributed by atoms with van der Waals surface area (Å²) in [6.45, 7) is 6.37. The molecule has 0 fully saturated rings. The van der Waals surface area contributed by atoms with Crippen molar-refractivity contribution in [1.82, 2.24) is 5.32 Å². The maximum atomic E-state index is 13.0. The fraction of sp³-hybridized carbons (Fsp3) is 0.860. The highest BCUT2D eigenvalue weighted by Gasteiger charge is 2.24. The highest BCUT2D eigenvalue weighted by atomic mass is 16.5. The predicted molar refractivity (Wildman–Crippen MR) is 209 cm³/mol. The number of ether oxygens (including phenoxy) is 1. The second-order valence-corrected chi connectivity index (χ2v) is 14.4. The van der Waals surface area contributed by atoms with Crippen LogP contribution in [0.1, 0.15) is 213 Å². The van der Waals surface area contributed by atoms with Crippen LogP contribution in [-0.2, 0) is 14.3 Å². The van der Waals surface area contributed by atoms with Gasteiger partial charge in [0.05, 0.1) is 25.2 Å². The summed E-state index contributed by atoms with van der Waals surface area (Å²) in [7, 11) is 0. The van der Waals surface area contributed by atoms with E-state index >= 15 is 0 Å². The standard InChI is InChI=1S/C43H81NO5/c1-4-7-10-13-16-19-21-24-27-30-33-36-43(48)49-39(34-31-28-25-23-20-17-14-11-8-5-2)37-42(47)44-40(38-45)41(46)35-32-29-26-22-18-15-12-9-6-3/h13,16-17,20,39-41,45-46H,4-12,14-15,18-19,21-38H2,1-3H3,(H,44,47)/b16-13-,20-17-. The van der Waals surface area contributed by atoms with Crippen LogP contribution in [0.5, 0.6) is 0 Å². The average molecular weight is 692 g/mol. The van der Waals surface area contributed by atoms with E-state index in [0.717, 1.165) is 77.0 Å². The van der Waals surface area contributed by atoms with Crippen LogP contribution in [0.15, 0.2) is 24.3 Å². The van der Waals surface area contributed by atoms with Gasteiger partial charge in [0.15, 0.2) is 0 Å². The highest BCUT2D eigenvalue weighted by Crippen LogP contribution is 2.17. The van der Waals surface area contributed by atoms with Gasteiger partial charge in [-0.05, 0) is 70.6 Å². The van der Waals surface area contributed by atoms with Crippen LogP contribution in [0.2, 0.25) is 0 Å². The molecule has 3 unspecified atom stereocenters. The van der Waals surface area contributed by atoms with E-state index in [1.165, 1.54) is 89.9 Å². The fourth-order valence-electron chi connectivity index (χ4n) is 6.23. The number of amides is 1. The zero-order valence-corrected chi connectivity index (χ0v) is 32.6. The number of hydrogen-bond acceptors (Lipinski definition) is 5. The van der Waals surface area contributed by atoms with Crippen molar-refractivity contribution in [2.24, 2.45) is 0 Å². The van der Waals surface area contributed by atoms with Gasteiger partial charge in [0.1, 0.15) is 6.10 Å². The molecule has 3 atom stereocenters. The number of allylic oxidation sites excluding steroid dienone is 4. The van der Waals surface area contributed by atoms with Crippen LogP contribution in [-0.4, -0.2) is 46.9 Å². The molecule has 0 spiro atoms. The second-order valence-electron chi connectivity index (χ2n) is 14.4. The van der Waals surface area contributed by atoms with Gasteiger partial charge < -0.3 is 20.3 Å². The van der Waals surface area contributed by atoms with Gasteiger partial charge in [-0.25, -0.2) is 0 Å². The minimum atomic E-state index is -0.786. The monoisotopic (exact) mass is 692 g/mol. The maximum Gasteiger partial charge on any atom is 0.306 e. The summed E-state index contributed by atoms with van der Waals surface area (Å²) in [6, 6.07) is -0.700. The lowest BCUT2D eigenvalue weighted by Gasteiger charge is -2.24. The van der Waals surface area contributed by atoms with E-state index in [1.54, 1.807) is 0 Å². The molecule has 0 radical (unpaired) electrons. The van der Waals surface area contributed by atoms with E-state index in [0.29, 0.717) is 19.3 Å². The van der Waals surface area contributed by atoms with Gasteiger partial charge in [0.25, 0.3) is 0 Å². The van der Waals surface area contributed by atoms with E-state index in [2.05, 4.69) is 50.4 Å². The summed E-state index contributed by atoms with van der Waals surface area (Å²) in [5, 5.41) is 23.5. The predicted octanol–water partition coefficient (Wildman–Crippen LogP) is 11.6. The quantitative estimate of drug-likeness (QED) is 0.0342. The third kappa shape index (κ3) is 33.3. The molecule has 288 valence electrons. The molecule has 0 bridgehead atoms. The first kappa shape index (κ1) is 47.3. The van der Waals surface area contributed by atoms with Crippen LogP contribution in [0.3, 0.4) is 0 Å². The van der Waals surface area contributed by atoms with Gasteiger partial charge in [-0.2, -0.15) is 0 Å². The molecule has 6 heteroatoms. The van der Waals surface area contributed by atoms with Gasteiger partial charge in [-0.1, -0.05) is 154 Å². The van der Waals surface area contributed by atoms with Crippen molar-refractivity contribution >= 4 is 11.9 Å². The van der Waals surface area contributed by atoms with Crippen LogP contribution >= 0.6 is 0 Å². The molecule has 3 N–H and O–H groups in total. The average Bonchev–Trinajstić information content (AvgIpc) is 3.09. The van der Waals surface area contributed by atoms with Crippen molar-refractivity contribution in [2.75, 3.05) is 6.61 Å². The number of nitrogens with one attached hydrogen (secondary N) is 1. The zero-order chi connectivity index (χ0) is 36.0. The Labute approximate surface area is 303 Å². The molecule has 0 aliphatic carbocycles. The number of aliphatic hydroxyl groups excluding tert-OH is 2. The van der Waals surface area contributed by atoms with Gasteiger partial charge in [0, 0.05) is 6.42 Å². The van der Waals surface area contributed by atoms with E-state index in [4.69, 9.17) is 4.74 Å². The summed E-state index contributed by atoms with van der Waals surface area (Å²) in [6.07, 6.45) is 39.5. The molecule has 0 saturated heterocycles. The number of carbonyl (C=O) groups is 2. The first-order valence-corrected chi connectivity index (χ1v) is 21.1. The maximum absolute atomic E-state index is 13.0. The van der Waals surface area contributed by atoms with Gasteiger partial charge in [-0.15, -0.1) is 0 Å². The topological polar surface area (TPSA) is 95.9 Å². The van der Waals surface area contributed by atoms with E-state index in [9.17, 15) is 19.8 Å². The molecular formula is C43H81NO5. The third-order valence-electron chi connectivity index (χ3n) is 9.50. The van der Waals surface area contributed by atoms with E-state index in [1.807, 2.05) is 0 Å². The molecule has 0 heterocycles. The fourth-order valence-corrected chi connectivity index (χ4v) is 6.23. The largest absolute Gasteiger partial charge is 0.462 e. The van der Waals surface area contributed by atoms with E-state index in [-0.39, 0.29) is 24.9 Å². The zero-order valence-electron chi connectivity index (χ0n) is 32.6. The van der Waals surface area contributed by atoms with Crippen LogP contribution in [0.4, 0.5) is 0 Å². The summed E-state index contributed by atoms with van der Waals surface area (Å²) in [5.41, 5.74) is 0. The molecule has 6 nitrogen and oxygen atoms in total. The molecule has 0 aliphatic heterocycles. The smallest absolute Gasteiger partial charge is 0.306 e. The minimum absolute atomic E-state index is 0.0656. The lowest BCUT2D eigenvalue weighted by Crippen LogP contribution is -2.46. The van der Waals surface area contributed by atoms with Crippen molar-refractivity contribution in [3.63, 3.8) is 0 Å². The molecule has 0 aromatic rings. The lowest BCUT2D eigenvalue weighted by atomic mass is 10.0. The first-order valence-electron chi connectivity index (χ1n) is 21.1. The summed E-state index contributed by atoms with van der Waals surface area (Å²) < 4.78 is 5.86. The Bertz CT molecular complexity index is 782. The molecule has 0 rings (SSSR count). The Kier molecular flexibility index (Phi) is 36.3. The summed E-state index contributed by atoms with van der Waals surface area (Å²) >= 11 is 0. The molecule has 0 aromatic heterocycles. The second kappa shape index (κ2) is 37.6. The van der Waals surface area contributed by atoms with Gasteiger partial charge >= 0.3 is 5.97 Å². The Morgan fingerprint density at radius 2 is 1.00 bits per heavy atom. The Morgan fingerprint density at radius 3 is 1.57 bits per heavy atom. The Balaban J connectivity index is 4.62. The normalized spacial score (nSPS) is 13.7. The van der Waals surface area contributed by atoms with Crippen molar-refractivity contribution in [3.05, 3.63) is 24.3 Å². The van der Waals surface area contributed by atoms with Gasteiger partial charge in [0.2, 0.25) is 5.91 Å². The van der Waals surface area contributed by atoms with Crippen molar-refractivity contribution in [3.8, 4) is 0 Å². The van der Waals surface area contributed by atoms with Crippen molar-refractivity contribution in [1.29, 1.82) is 0 Å². The molecule has 1 amide bonds. The number of unbranched alkanes of at least 4 members (excludes halogenated alkanes) is 21. The molecular weight excluding hydrogens is 610 g/mol. The lowest BCUT2D eigenvalue weighted by molar-refractivity contribution is -0.151. The SMILES string of the molecule is CCCC/C=C\CCCCCCCC(=O)OC(CCCCC/C=C\CCCCC)CC(=O)NC(CO)C(O)CCCCCCCCCCC. The molecule has 0 aromatic carbocycles. The number of carbonyl (C=O) groups excluding carboxylic acids is 2. The molecule has 0 saturated carbocycles. The van der Waals surface area contributed by atoms with Gasteiger partial charge in [-0.3, -0.25) is 9.59 Å². The van der Waals surface area contributed by atoms with Crippen LogP contribution < -0.4 is 5.32 Å². The van der Waals surface area contributed by atoms with Crippen LogP contribution in [0, 0.1) is 0 Å². The first-order chi connectivity index (χ1) is 24.0.